The lowest BCUT2D eigenvalue weighted by atomic mass is 9.81. The highest BCUT2D eigenvalue weighted by molar-refractivity contribution is 6.10. The summed E-state index contributed by atoms with van der Waals surface area (Å²) in [6.07, 6.45) is 3.30. The summed E-state index contributed by atoms with van der Waals surface area (Å²) in [7, 11) is 0. The van der Waals surface area contributed by atoms with E-state index in [2.05, 4.69) is 5.32 Å². The number of nitrogens with zero attached hydrogens (tertiary/aromatic N) is 1. The standard InChI is InChI=1S/C26H28N2O4/c1-2-32-20-12-10-19(11-13-20)27-24(29)21(14-16-6-4-3-5-7-16)28-25(30)22-17-8-9-18(15-17)23(22)26(28)31/h3-7,10-13,17-18,21-23H,2,8-9,14-15H2,1H3,(H,27,29)/t17-,18+,21-,22-,23+/m0/s1. The Bertz CT molecular complexity index is 992. The molecule has 1 N–H and O–H groups in total. The average Bonchev–Trinajstić information content (AvgIpc) is 3.48. The third-order valence-electron chi connectivity index (χ3n) is 7.28. The Morgan fingerprint density at radius 2 is 1.62 bits per heavy atom. The van der Waals surface area contributed by atoms with Crippen molar-refractivity contribution in [2.45, 2.75) is 38.6 Å². The number of anilines is 1. The summed E-state index contributed by atoms with van der Waals surface area (Å²) in [5, 5.41) is 2.91. The highest BCUT2D eigenvalue weighted by Gasteiger charge is 2.62. The molecular formula is C26H28N2O4. The van der Waals surface area contributed by atoms with Gasteiger partial charge in [-0.1, -0.05) is 30.3 Å². The van der Waals surface area contributed by atoms with Gasteiger partial charge in [0.2, 0.25) is 17.7 Å². The van der Waals surface area contributed by atoms with Crippen LogP contribution < -0.4 is 10.1 Å². The fraction of sp³-hybridized carbons (Fsp3) is 0.423. The summed E-state index contributed by atoms with van der Waals surface area (Å²) in [5.74, 6) is 0.170. The van der Waals surface area contributed by atoms with E-state index in [1.165, 1.54) is 4.90 Å². The molecule has 3 amide bonds. The van der Waals surface area contributed by atoms with E-state index >= 15 is 0 Å². The minimum Gasteiger partial charge on any atom is -0.494 e. The van der Waals surface area contributed by atoms with E-state index in [0.717, 1.165) is 30.6 Å². The van der Waals surface area contributed by atoms with Crippen molar-refractivity contribution >= 4 is 23.4 Å². The number of hydrogen-bond donors (Lipinski definition) is 1. The second-order valence-corrected chi connectivity index (χ2v) is 9.08. The summed E-state index contributed by atoms with van der Waals surface area (Å²) in [5.41, 5.74) is 1.52. The molecule has 6 nitrogen and oxygen atoms in total. The fourth-order valence-corrected chi connectivity index (χ4v) is 5.90. The number of fused-ring (bicyclic) bond motifs is 5. The van der Waals surface area contributed by atoms with Gasteiger partial charge >= 0.3 is 0 Å². The number of carbonyl (C=O) groups is 3. The first-order chi connectivity index (χ1) is 15.6. The smallest absolute Gasteiger partial charge is 0.248 e. The molecule has 32 heavy (non-hydrogen) atoms. The number of ether oxygens (including phenoxy) is 1. The van der Waals surface area contributed by atoms with Gasteiger partial charge in [0.25, 0.3) is 0 Å². The topological polar surface area (TPSA) is 75.7 Å². The molecule has 5 atom stereocenters. The van der Waals surface area contributed by atoms with Gasteiger partial charge in [0.15, 0.2) is 0 Å². The van der Waals surface area contributed by atoms with Crippen LogP contribution >= 0.6 is 0 Å². The van der Waals surface area contributed by atoms with Crippen molar-refractivity contribution < 1.29 is 19.1 Å². The van der Waals surface area contributed by atoms with Crippen molar-refractivity contribution in [1.29, 1.82) is 0 Å². The lowest BCUT2D eigenvalue weighted by Gasteiger charge is -2.27. The van der Waals surface area contributed by atoms with Crippen LogP contribution in [0.1, 0.15) is 31.7 Å². The first-order valence-electron chi connectivity index (χ1n) is 11.5. The Hall–Kier alpha value is -3.15. The van der Waals surface area contributed by atoms with Crippen molar-refractivity contribution in [2.24, 2.45) is 23.7 Å². The summed E-state index contributed by atoms with van der Waals surface area (Å²) < 4.78 is 5.46. The van der Waals surface area contributed by atoms with Gasteiger partial charge in [-0.15, -0.1) is 0 Å². The van der Waals surface area contributed by atoms with Gasteiger partial charge in [-0.2, -0.15) is 0 Å². The van der Waals surface area contributed by atoms with Gasteiger partial charge in [-0.05, 0) is 67.9 Å². The van der Waals surface area contributed by atoms with E-state index in [4.69, 9.17) is 4.74 Å². The second-order valence-electron chi connectivity index (χ2n) is 9.08. The molecule has 166 valence electrons. The molecule has 1 saturated heterocycles. The summed E-state index contributed by atoms with van der Waals surface area (Å²) in [4.78, 5) is 41.5. The molecule has 0 radical (unpaired) electrons. The van der Waals surface area contributed by atoms with E-state index in [9.17, 15) is 14.4 Å². The zero-order chi connectivity index (χ0) is 22.2. The molecule has 2 aromatic rings. The molecule has 6 heteroatoms. The van der Waals surface area contributed by atoms with Crippen LogP contribution in [-0.2, 0) is 20.8 Å². The Morgan fingerprint density at radius 1 is 1.00 bits per heavy atom. The van der Waals surface area contributed by atoms with Crippen LogP contribution in [0.15, 0.2) is 54.6 Å². The van der Waals surface area contributed by atoms with Crippen molar-refractivity contribution in [3.05, 3.63) is 60.2 Å². The lowest BCUT2D eigenvalue weighted by molar-refractivity contribution is -0.147. The van der Waals surface area contributed by atoms with Crippen molar-refractivity contribution in [2.75, 3.05) is 11.9 Å². The first-order valence-corrected chi connectivity index (χ1v) is 11.5. The van der Waals surface area contributed by atoms with Gasteiger partial charge in [0.05, 0.1) is 18.4 Å². The predicted molar refractivity (Wildman–Crippen MR) is 120 cm³/mol. The van der Waals surface area contributed by atoms with Crippen LogP contribution in [0.4, 0.5) is 5.69 Å². The molecule has 2 saturated carbocycles. The molecule has 2 aromatic carbocycles. The zero-order valence-corrected chi connectivity index (χ0v) is 18.2. The molecule has 0 spiro atoms. The van der Waals surface area contributed by atoms with E-state index in [0.29, 0.717) is 18.7 Å². The van der Waals surface area contributed by atoms with E-state index in [1.807, 2.05) is 37.3 Å². The summed E-state index contributed by atoms with van der Waals surface area (Å²) in [6, 6.07) is 15.8. The zero-order valence-electron chi connectivity index (χ0n) is 18.2. The number of rotatable bonds is 7. The number of amides is 3. The van der Waals surface area contributed by atoms with Crippen molar-refractivity contribution in [1.82, 2.24) is 4.90 Å². The average molecular weight is 433 g/mol. The number of benzene rings is 2. The number of hydrogen-bond acceptors (Lipinski definition) is 4. The van der Waals surface area contributed by atoms with Gasteiger partial charge < -0.3 is 10.1 Å². The first kappa shape index (κ1) is 20.7. The van der Waals surface area contributed by atoms with Crippen LogP contribution in [0.3, 0.4) is 0 Å². The van der Waals surface area contributed by atoms with Gasteiger partial charge in [-0.25, -0.2) is 0 Å². The van der Waals surface area contributed by atoms with Crippen LogP contribution in [0.5, 0.6) is 5.75 Å². The SMILES string of the molecule is CCOc1ccc(NC(=O)[C@H](Cc2ccccc2)N2C(=O)[C@@H]3[C@@H]4CC[C@@H](C4)[C@@H]3C2=O)cc1. The molecule has 2 aliphatic carbocycles. The molecule has 1 aliphatic heterocycles. The molecule has 5 rings (SSSR count). The van der Waals surface area contributed by atoms with Gasteiger partial charge in [-0.3, -0.25) is 19.3 Å². The molecule has 3 aliphatic rings. The quantitative estimate of drug-likeness (QED) is 0.678. The summed E-state index contributed by atoms with van der Waals surface area (Å²) >= 11 is 0. The van der Waals surface area contributed by atoms with Crippen LogP contribution in [-0.4, -0.2) is 35.3 Å². The monoisotopic (exact) mass is 432 g/mol. The number of nitrogens with one attached hydrogen (secondary N) is 1. The molecule has 0 aromatic heterocycles. The minimum atomic E-state index is -0.867. The maximum Gasteiger partial charge on any atom is 0.248 e. The van der Waals surface area contributed by atoms with Crippen molar-refractivity contribution in [3.63, 3.8) is 0 Å². The Kier molecular flexibility index (Phi) is 5.45. The van der Waals surface area contributed by atoms with E-state index < -0.39 is 6.04 Å². The fourth-order valence-electron chi connectivity index (χ4n) is 5.90. The number of imide groups is 1. The van der Waals surface area contributed by atoms with E-state index in [1.54, 1.807) is 24.3 Å². The third kappa shape index (κ3) is 3.57. The Balaban J connectivity index is 1.41. The van der Waals surface area contributed by atoms with E-state index in [-0.39, 0.29) is 41.4 Å². The predicted octanol–water partition coefficient (Wildman–Crippen LogP) is 3.67. The minimum absolute atomic E-state index is 0.157. The number of carbonyl (C=O) groups excluding carboxylic acids is 3. The van der Waals surface area contributed by atoms with Crippen molar-refractivity contribution in [3.8, 4) is 5.75 Å². The van der Waals surface area contributed by atoms with Crippen LogP contribution in [0.25, 0.3) is 0 Å². The largest absolute Gasteiger partial charge is 0.494 e. The molecule has 3 fully saturated rings. The molecule has 2 bridgehead atoms. The maximum absolute atomic E-state index is 13.4. The Labute approximate surface area is 187 Å². The molecule has 0 unspecified atom stereocenters. The highest BCUT2D eigenvalue weighted by Crippen LogP contribution is 2.56. The number of likely N-dealkylation sites (tertiary alicyclic amines) is 1. The van der Waals surface area contributed by atoms with Crippen LogP contribution in [0.2, 0.25) is 0 Å². The van der Waals surface area contributed by atoms with Crippen LogP contribution in [0, 0.1) is 23.7 Å². The second kappa shape index (κ2) is 8.41. The lowest BCUT2D eigenvalue weighted by Crippen LogP contribution is -2.49. The highest BCUT2D eigenvalue weighted by atomic mass is 16.5. The van der Waals surface area contributed by atoms with Gasteiger partial charge in [0.1, 0.15) is 11.8 Å². The van der Waals surface area contributed by atoms with Gasteiger partial charge in [0, 0.05) is 12.1 Å². The molecular weight excluding hydrogens is 404 g/mol. The summed E-state index contributed by atoms with van der Waals surface area (Å²) in [6.45, 7) is 2.48. The Morgan fingerprint density at radius 3 is 2.22 bits per heavy atom. The normalized spacial score (nSPS) is 26.8. The maximum atomic E-state index is 13.4. The third-order valence-corrected chi connectivity index (χ3v) is 7.28. The molecule has 1 heterocycles.